The number of hydrogen-bond donors (Lipinski definition) is 1. The van der Waals surface area contributed by atoms with E-state index in [2.05, 4.69) is 57.1 Å². The van der Waals surface area contributed by atoms with E-state index in [4.69, 9.17) is 9.72 Å². The minimum absolute atomic E-state index is 0.369. The maximum absolute atomic E-state index is 5.41. The fraction of sp³-hybridized carbons (Fsp3) is 0.381. The standard InChI is InChI=1S/C21H25N5OS2/c1-14(2)21-24-19(20(28-21)18-7-8-22-15(3)23-18)16-5-4-6-17(13-16)25-29-26-9-11-27-12-10-26/h4-8,13-14,25H,9-12H2,1-3H3. The number of ether oxygens (including phenoxy) is 1. The third-order valence-corrected chi connectivity index (χ3v) is 6.87. The molecule has 8 heteroatoms. The highest BCUT2D eigenvalue weighted by molar-refractivity contribution is 7.98. The van der Waals surface area contributed by atoms with Gasteiger partial charge in [-0.1, -0.05) is 26.0 Å². The van der Waals surface area contributed by atoms with Gasteiger partial charge in [-0.15, -0.1) is 11.3 Å². The third kappa shape index (κ3) is 4.95. The fourth-order valence-electron chi connectivity index (χ4n) is 3.02. The maximum atomic E-state index is 5.41. The van der Waals surface area contributed by atoms with E-state index in [1.807, 2.05) is 19.2 Å². The monoisotopic (exact) mass is 427 g/mol. The maximum Gasteiger partial charge on any atom is 0.125 e. The van der Waals surface area contributed by atoms with E-state index in [9.17, 15) is 0 Å². The van der Waals surface area contributed by atoms with E-state index < -0.39 is 0 Å². The van der Waals surface area contributed by atoms with Crippen LogP contribution < -0.4 is 4.72 Å². The summed E-state index contributed by atoms with van der Waals surface area (Å²) in [6.07, 6.45) is 1.81. The van der Waals surface area contributed by atoms with Crippen LogP contribution >= 0.6 is 23.5 Å². The first-order valence-corrected chi connectivity index (χ1v) is 11.4. The third-order valence-electron chi connectivity index (χ3n) is 4.54. The van der Waals surface area contributed by atoms with Gasteiger partial charge in [-0.05, 0) is 25.1 Å². The van der Waals surface area contributed by atoms with Crippen molar-refractivity contribution in [3.05, 3.63) is 47.4 Å². The van der Waals surface area contributed by atoms with Gasteiger partial charge in [0, 0.05) is 48.6 Å². The van der Waals surface area contributed by atoms with Crippen LogP contribution in [0, 0.1) is 6.92 Å². The van der Waals surface area contributed by atoms with Gasteiger partial charge in [0.15, 0.2) is 0 Å². The van der Waals surface area contributed by atoms with Crippen LogP contribution in [0.15, 0.2) is 36.5 Å². The topological polar surface area (TPSA) is 63.2 Å². The smallest absolute Gasteiger partial charge is 0.125 e. The number of rotatable bonds is 6. The lowest BCUT2D eigenvalue weighted by molar-refractivity contribution is 0.0775. The predicted molar refractivity (Wildman–Crippen MR) is 121 cm³/mol. The Bertz CT molecular complexity index is 969. The zero-order chi connectivity index (χ0) is 20.2. The molecule has 152 valence electrons. The first-order chi connectivity index (χ1) is 14.1. The molecule has 0 atom stereocenters. The average Bonchev–Trinajstić information content (AvgIpc) is 3.19. The predicted octanol–water partition coefficient (Wildman–Crippen LogP) is 5.01. The molecule has 3 aromatic rings. The summed E-state index contributed by atoms with van der Waals surface area (Å²) in [6, 6.07) is 10.4. The summed E-state index contributed by atoms with van der Waals surface area (Å²) in [6.45, 7) is 9.70. The lowest BCUT2D eigenvalue weighted by atomic mass is 10.1. The number of nitrogens with zero attached hydrogens (tertiary/aromatic N) is 4. The second-order valence-electron chi connectivity index (χ2n) is 7.19. The van der Waals surface area contributed by atoms with Crippen LogP contribution in [0.4, 0.5) is 5.69 Å². The molecule has 0 amide bonds. The van der Waals surface area contributed by atoms with Crippen LogP contribution in [-0.4, -0.2) is 45.6 Å². The number of aromatic nitrogens is 3. The van der Waals surface area contributed by atoms with Crippen LogP contribution in [-0.2, 0) is 4.74 Å². The van der Waals surface area contributed by atoms with Crippen LogP contribution in [0.5, 0.6) is 0 Å². The van der Waals surface area contributed by atoms with Gasteiger partial charge < -0.3 is 9.46 Å². The van der Waals surface area contributed by atoms with E-state index in [0.717, 1.165) is 64.7 Å². The summed E-state index contributed by atoms with van der Waals surface area (Å²) in [5, 5.41) is 1.12. The van der Waals surface area contributed by atoms with Crippen molar-refractivity contribution in [1.29, 1.82) is 0 Å². The molecule has 0 spiro atoms. The summed E-state index contributed by atoms with van der Waals surface area (Å²) < 4.78 is 11.2. The van der Waals surface area contributed by atoms with Crippen molar-refractivity contribution in [2.24, 2.45) is 0 Å². The quantitative estimate of drug-likeness (QED) is 0.555. The lowest BCUT2D eigenvalue weighted by Gasteiger charge is -2.25. The molecule has 6 nitrogen and oxygen atoms in total. The molecule has 29 heavy (non-hydrogen) atoms. The van der Waals surface area contributed by atoms with Gasteiger partial charge in [0.1, 0.15) is 5.82 Å². The van der Waals surface area contributed by atoms with Crippen molar-refractivity contribution in [2.45, 2.75) is 26.7 Å². The van der Waals surface area contributed by atoms with E-state index in [-0.39, 0.29) is 0 Å². The van der Waals surface area contributed by atoms with Gasteiger partial charge in [0.2, 0.25) is 0 Å². The van der Waals surface area contributed by atoms with Crippen molar-refractivity contribution in [3.8, 4) is 21.8 Å². The van der Waals surface area contributed by atoms with E-state index in [1.54, 1.807) is 23.5 Å². The Balaban J connectivity index is 1.63. The minimum Gasteiger partial charge on any atom is -0.379 e. The Labute approximate surface area is 180 Å². The van der Waals surface area contributed by atoms with Gasteiger partial charge in [0.05, 0.1) is 34.5 Å². The Morgan fingerprint density at radius 3 is 2.76 bits per heavy atom. The number of hydrogen-bond acceptors (Lipinski definition) is 8. The van der Waals surface area contributed by atoms with Crippen LogP contribution in [0.3, 0.4) is 0 Å². The molecule has 0 unspecified atom stereocenters. The van der Waals surface area contributed by atoms with E-state index >= 15 is 0 Å². The molecule has 1 aliphatic heterocycles. The van der Waals surface area contributed by atoms with Gasteiger partial charge in [-0.3, -0.25) is 0 Å². The largest absolute Gasteiger partial charge is 0.379 e. The summed E-state index contributed by atoms with van der Waals surface area (Å²) >= 11 is 3.35. The van der Waals surface area contributed by atoms with Gasteiger partial charge in [-0.25, -0.2) is 19.3 Å². The zero-order valence-electron chi connectivity index (χ0n) is 16.9. The van der Waals surface area contributed by atoms with E-state index in [0.29, 0.717) is 5.92 Å². The zero-order valence-corrected chi connectivity index (χ0v) is 18.5. The Morgan fingerprint density at radius 1 is 1.17 bits per heavy atom. The number of nitrogens with one attached hydrogen (secondary N) is 1. The number of anilines is 1. The Kier molecular flexibility index (Phi) is 6.44. The first-order valence-electron chi connectivity index (χ1n) is 9.77. The molecule has 1 saturated heterocycles. The fourth-order valence-corrected chi connectivity index (χ4v) is 4.77. The van der Waals surface area contributed by atoms with Crippen molar-refractivity contribution in [2.75, 3.05) is 31.0 Å². The molecule has 0 radical (unpaired) electrons. The molecule has 2 aromatic heterocycles. The highest BCUT2D eigenvalue weighted by Gasteiger charge is 2.18. The lowest BCUT2D eigenvalue weighted by Crippen LogP contribution is -2.31. The molecule has 4 rings (SSSR count). The second kappa shape index (κ2) is 9.21. The van der Waals surface area contributed by atoms with Gasteiger partial charge in [-0.2, -0.15) is 0 Å². The number of benzene rings is 1. The molecule has 1 aliphatic rings. The number of aryl methyl sites for hydroxylation is 1. The molecule has 1 aromatic carbocycles. The van der Waals surface area contributed by atoms with Crippen molar-refractivity contribution >= 4 is 29.2 Å². The first kappa shape index (κ1) is 20.3. The Hall–Kier alpha value is -2.00. The van der Waals surface area contributed by atoms with Crippen LogP contribution in [0.25, 0.3) is 21.8 Å². The van der Waals surface area contributed by atoms with Gasteiger partial charge in [0.25, 0.3) is 0 Å². The molecule has 3 heterocycles. The Morgan fingerprint density at radius 2 is 2.00 bits per heavy atom. The van der Waals surface area contributed by atoms with Crippen LogP contribution in [0.1, 0.15) is 30.6 Å². The summed E-state index contributed by atoms with van der Waals surface area (Å²) in [5.41, 5.74) is 4.06. The average molecular weight is 428 g/mol. The number of morpholine rings is 1. The molecule has 1 N–H and O–H groups in total. The second-order valence-corrected chi connectivity index (χ2v) is 9.12. The highest BCUT2D eigenvalue weighted by atomic mass is 32.2. The highest BCUT2D eigenvalue weighted by Crippen LogP contribution is 2.39. The van der Waals surface area contributed by atoms with Crippen LogP contribution in [0.2, 0.25) is 0 Å². The molecular weight excluding hydrogens is 402 g/mol. The molecule has 0 bridgehead atoms. The molecule has 0 aliphatic carbocycles. The van der Waals surface area contributed by atoms with Crippen molar-refractivity contribution in [1.82, 2.24) is 19.3 Å². The summed E-state index contributed by atoms with van der Waals surface area (Å²) in [7, 11) is 0. The minimum atomic E-state index is 0.369. The van der Waals surface area contributed by atoms with Gasteiger partial charge >= 0.3 is 0 Å². The SMILES string of the molecule is Cc1nccc(-c2sc(C(C)C)nc2-c2cccc(NSN3CCOCC3)c2)n1. The summed E-state index contributed by atoms with van der Waals surface area (Å²) in [5.74, 6) is 1.14. The number of thiazole rings is 1. The normalized spacial score (nSPS) is 15.0. The summed E-state index contributed by atoms with van der Waals surface area (Å²) in [4.78, 5) is 15.0. The molecule has 0 saturated carbocycles. The van der Waals surface area contributed by atoms with Crippen molar-refractivity contribution in [3.63, 3.8) is 0 Å². The molecule has 1 fully saturated rings. The molecular formula is C21H25N5OS2. The van der Waals surface area contributed by atoms with E-state index in [1.165, 1.54) is 0 Å². The van der Waals surface area contributed by atoms with Crippen molar-refractivity contribution < 1.29 is 4.74 Å².